The van der Waals surface area contributed by atoms with Crippen LogP contribution in [0.5, 0.6) is 5.88 Å². The molecule has 0 atom stereocenters. The van der Waals surface area contributed by atoms with Crippen LogP contribution in [0.25, 0.3) is 0 Å². The smallest absolute Gasteiger partial charge is 0.233 e. The van der Waals surface area contributed by atoms with Gasteiger partial charge in [0.1, 0.15) is 6.61 Å². The molecule has 4 nitrogen and oxygen atoms in total. The number of nitrogens with two attached hydrogens (primary N) is 1. The van der Waals surface area contributed by atoms with Crippen LogP contribution >= 0.6 is 0 Å². The van der Waals surface area contributed by atoms with Gasteiger partial charge in [0, 0.05) is 6.07 Å². The molecule has 0 bridgehead atoms. The molecule has 2 N–H and O–H groups in total. The van der Waals surface area contributed by atoms with Gasteiger partial charge < -0.3 is 10.5 Å². The highest BCUT2D eigenvalue weighted by atomic mass is 16.5. The van der Waals surface area contributed by atoms with Crippen LogP contribution in [0.3, 0.4) is 0 Å². The Labute approximate surface area is 103 Å². The zero-order valence-corrected chi connectivity index (χ0v) is 10.5. The lowest BCUT2D eigenvalue weighted by Crippen LogP contribution is -2.45. The highest BCUT2D eigenvalue weighted by Gasteiger charge is 2.27. The van der Waals surface area contributed by atoms with E-state index in [0.29, 0.717) is 12.5 Å². The van der Waals surface area contributed by atoms with Crippen molar-refractivity contribution in [2.24, 2.45) is 5.73 Å². The Morgan fingerprint density at radius 3 is 2.65 bits per heavy atom. The molecule has 17 heavy (non-hydrogen) atoms. The second-order valence-corrected chi connectivity index (χ2v) is 5.14. The number of rotatable bonds is 3. The lowest BCUT2D eigenvalue weighted by molar-refractivity contribution is 0.192. The van der Waals surface area contributed by atoms with Gasteiger partial charge in [-0.05, 0) is 25.3 Å². The van der Waals surface area contributed by atoms with Crippen molar-refractivity contribution in [1.29, 1.82) is 0 Å². The van der Waals surface area contributed by atoms with Crippen LogP contribution in [0.1, 0.15) is 44.1 Å². The Kier molecular flexibility index (Phi) is 3.94. The summed E-state index contributed by atoms with van der Waals surface area (Å²) in [6.07, 6.45) is 8.82. The molecule has 1 aromatic heterocycles. The third kappa shape index (κ3) is 3.66. The van der Waals surface area contributed by atoms with Crippen molar-refractivity contribution in [2.45, 2.75) is 51.0 Å². The quantitative estimate of drug-likeness (QED) is 0.816. The van der Waals surface area contributed by atoms with Crippen LogP contribution in [-0.4, -0.2) is 22.3 Å². The fraction of sp³-hybridized carbons (Fsp3) is 0.692. The number of aryl methyl sites for hydroxylation is 1. The lowest BCUT2D eigenvalue weighted by atomic mass is 9.93. The van der Waals surface area contributed by atoms with E-state index < -0.39 is 0 Å². The molecule has 1 aliphatic rings. The molecule has 0 aliphatic heterocycles. The number of hydrogen-bond acceptors (Lipinski definition) is 4. The third-order valence-corrected chi connectivity index (χ3v) is 3.38. The van der Waals surface area contributed by atoms with E-state index in [9.17, 15) is 0 Å². The summed E-state index contributed by atoms with van der Waals surface area (Å²) < 4.78 is 5.69. The van der Waals surface area contributed by atoms with Crippen LogP contribution in [0.4, 0.5) is 0 Å². The van der Waals surface area contributed by atoms with Gasteiger partial charge in [-0.25, -0.2) is 0 Å². The van der Waals surface area contributed by atoms with Crippen molar-refractivity contribution in [3.63, 3.8) is 0 Å². The second kappa shape index (κ2) is 5.45. The Morgan fingerprint density at radius 1 is 1.29 bits per heavy atom. The van der Waals surface area contributed by atoms with Crippen LogP contribution in [-0.2, 0) is 0 Å². The minimum absolute atomic E-state index is 0.179. The topological polar surface area (TPSA) is 61.0 Å². The molecule has 1 aromatic rings. The van der Waals surface area contributed by atoms with Gasteiger partial charge in [0.15, 0.2) is 0 Å². The monoisotopic (exact) mass is 235 g/mol. The maximum absolute atomic E-state index is 6.37. The fourth-order valence-corrected chi connectivity index (χ4v) is 2.30. The summed E-state index contributed by atoms with van der Waals surface area (Å²) >= 11 is 0. The van der Waals surface area contributed by atoms with Crippen LogP contribution in [0.2, 0.25) is 0 Å². The predicted molar refractivity (Wildman–Crippen MR) is 66.9 cm³/mol. The van der Waals surface area contributed by atoms with Crippen molar-refractivity contribution >= 4 is 0 Å². The number of nitrogens with zero attached hydrogens (tertiary/aromatic N) is 2. The zero-order chi connectivity index (χ0) is 12.1. The van der Waals surface area contributed by atoms with Gasteiger partial charge in [-0.1, -0.05) is 25.7 Å². The first-order valence-electron chi connectivity index (χ1n) is 6.39. The van der Waals surface area contributed by atoms with E-state index in [2.05, 4.69) is 10.2 Å². The summed E-state index contributed by atoms with van der Waals surface area (Å²) in [6.45, 7) is 2.52. The van der Waals surface area contributed by atoms with Crippen LogP contribution in [0.15, 0.2) is 12.3 Å². The van der Waals surface area contributed by atoms with E-state index in [4.69, 9.17) is 10.5 Å². The fourth-order valence-electron chi connectivity index (χ4n) is 2.30. The number of ether oxygens (including phenoxy) is 1. The molecule has 1 fully saturated rings. The Balaban J connectivity index is 1.92. The van der Waals surface area contributed by atoms with Crippen molar-refractivity contribution in [1.82, 2.24) is 10.2 Å². The van der Waals surface area contributed by atoms with Crippen LogP contribution in [0, 0.1) is 6.92 Å². The normalized spacial score (nSPS) is 19.6. The largest absolute Gasteiger partial charge is 0.475 e. The molecule has 0 aromatic carbocycles. The molecule has 0 radical (unpaired) electrons. The summed E-state index contributed by atoms with van der Waals surface area (Å²) in [6, 6.07) is 1.90. The van der Waals surface area contributed by atoms with Gasteiger partial charge in [0.2, 0.25) is 5.88 Å². The van der Waals surface area contributed by atoms with E-state index in [-0.39, 0.29) is 5.54 Å². The van der Waals surface area contributed by atoms with Crippen molar-refractivity contribution < 1.29 is 4.74 Å². The Hall–Kier alpha value is -1.16. The molecule has 0 amide bonds. The van der Waals surface area contributed by atoms with Gasteiger partial charge >= 0.3 is 0 Å². The first-order valence-corrected chi connectivity index (χ1v) is 6.39. The van der Waals surface area contributed by atoms with Gasteiger partial charge in [-0.3, -0.25) is 0 Å². The Bertz CT molecular complexity index is 359. The molecule has 0 saturated heterocycles. The van der Waals surface area contributed by atoms with Crippen molar-refractivity contribution in [3.05, 3.63) is 17.8 Å². The molecule has 1 heterocycles. The molecule has 0 unspecified atom stereocenters. The molecule has 2 rings (SSSR count). The van der Waals surface area contributed by atoms with Crippen molar-refractivity contribution in [3.8, 4) is 5.88 Å². The van der Waals surface area contributed by atoms with E-state index in [1.807, 2.05) is 13.0 Å². The summed E-state index contributed by atoms with van der Waals surface area (Å²) in [5, 5.41) is 7.82. The highest BCUT2D eigenvalue weighted by molar-refractivity contribution is 5.15. The second-order valence-electron chi connectivity index (χ2n) is 5.14. The molecule has 1 saturated carbocycles. The number of hydrogen-bond donors (Lipinski definition) is 1. The van der Waals surface area contributed by atoms with Gasteiger partial charge in [0.05, 0.1) is 11.7 Å². The maximum atomic E-state index is 6.37. The molecule has 0 spiro atoms. The summed E-state index contributed by atoms with van der Waals surface area (Å²) in [5.41, 5.74) is 7.25. The zero-order valence-electron chi connectivity index (χ0n) is 10.5. The highest BCUT2D eigenvalue weighted by Crippen LogP contribution is 2.25. The number of aromatic nitrogens is 2. The lowest BCUT2D eigenvalue weighted by Gasteiger charge is -2.27. The first-order chi connectivity index (χ1) is 8.18. The summed E-state index contributed by atoms with van der Waals surface area (Å²) in [7, 11) is 0. The van der Waals surface area contributed by atoms with Gasteiger partial charge in [-0.15, -0.1) is 5.10 Å². The standard InChI is InChI=1S/C13H21N3O/c1-11-8-12(16-15-9-11)17-10-13(14)6-4-2-3-5-7-13/h8-9H,2-7,10,14H2,1H3. The van der Waals surface area contributed by atoms with E-state index in [0.717, 1.165) is 18.4 Å². The van der Waals surface area contributed by atoms with Gasteiger partial charge in [0.25, 0.3) is 0 Å². The van der Waals surface area contributed by atoms with E-state index in [1.165, 1.54) is 25.7 Å². The molecule has 1 aliphatic carbocycles. The predicted octanol–water partition coefficient (Wildman–Crippen LogP) is 2.22. The molecule has 4 heteroatoms. The Morgan fingerprint density at radius 2 is 2.00 bits per heavy atom. The minimum Gasteiger partial charge on any atom is -0.475 e. The van der Waals surface area contributed by atoms with E-state index in [1.54, 1.807) is 6.20 Å². The SMILES string of the molecule is Cc1cnnc(OCC2(N)CCCCCC2)c1. The molecular weight excluding hydrogens is 214 g/mol. The summed E-state index contributed by atoms with van der Waals surface area (Å²) in [4.78, 5) is 0. The third-order valence-electron chi connectivity index (χ3n) is 3.38. The average Bonchev–Trinajstić information content (AvgIpc) is 2.53. The first kappa shape index (κ1) is 12.3. The molecular formula is C13H21N3O. The van der Waals surface area contributed by atoms with Crippen molar-refractivity contribution in [2.75, 3.05) is 6.61 Å². The minimum atomic E-state index is -0.179. The summed E-state index contributed by atoms with van der Waals surface area (Å²) in [5.74, 6) is 0.582. The van der Waals surface area contributed by atoms with Gasteiger partial charge in [-0.2, -0.15) is 5.10 Å². The van der Waals surface area contributed by atoms with Crippen LogP contribution < -0.4 is 10.5 Å². The maximum Gasteiger partial charge on any atom is 0.233 e. The molecule has 94 valence electrons. The van der Waals surface area contributed by atoms with E-state index >= 15 is 0 Å². The average molecular weight is 235 g/mol.